The average molecular weight is 1170 g/mol. The fourth-order valence-corrected chi connectivity index (χ4v) is 1.81. The highest BCUT2D eigenvalue weighted by Crippen LogP contribution is 1.75. The highest BCUT2D eigenvalue weighted by Gasteiger charge is 1.55. The Balaban J connectivity index is -0.0000000233. The number of oxime groups is 1. The number of hydrogen-bond donors (Lipinski definition) is 2. The largest absolute Gasteiger partial charge is 0.380 e. The Morgan fingerprint density at radius 2 is 0.671 bits per heavy atom. The molecule has 500 valence electrons. The van der Waals surface area contributed by atoms with Crippen LogP contribution in [0, 0.1) is 0 Å². The topological polar surface area (TPSA) is 120 Å². The zero-order valence-electron chi connectivity index (χ0n) is 63.9. The van der Waals surface area contributed by atoms with Crippen molar-refractivity contribution in [2.45, 2.75) is 262 Å². The Morgan fingerprint density at radius 3 is 0.707 bits per heavy atom. The van der Waals surface area contributed by atoms with E-state index in [1.54, 1.807) is 78.0 Å². The van der Waals surface area contributed by atoms with Crippen LogP contribution in [-0.4, -0.2) is 79.4 Å². The van der Waals surface area contributed by atoms with E-state index in [4.69, 9.17) is 0 Å². The second-order valence-electron chi connectivity index (χ2n) is 9.15. The molecule has 0 radical (unpaired) electrons. The van der Waals surface area contributed by atoms with Gasteiger partial charge in [-0.2, -0.15) is 5.10 Å². The monoisotopic (exact) mass is 1170 g/mol. The first-order chi connectivity index (χ1) is 40.1. The zero-order chi connectivity index (χ0) is 70.9. The van der Waals surface area contributed by atoms with Gasteiger partial charge in [-0.3, -0.25) is 25.0 Å². The summed E-state index contributed by atoms with van der Waals surface area (Å²) in [6.07, 6.45) is 49.7. The SMILES string of the molecule is C/C=C\C=C/C.C/C=C\C=NC.C/C=C\C=NC.C/C=C\CC.C/C=C\CC.C/C=N\NC.C=CCC=C.C=CON=C.CC.CC.CC.CC.CC.CC.CC.CC.CC.CC.CC.CC=N/C=C\C.CC=N/C=C\C.CN=CNC. The number of nitrogens with zero attached hydrogens (tertiary/aromatic N) is 7. The van der Waals surface area contributed by atoms with Gasteiger partial charge in [-0.15, -0.1) is 13.2 Å². The van der Waals surface area contributed by atoms with Crippen LogP contribution in [0.5, 0.6) is 0 Å². The van der Waals surface area contributed by atoms with Crippen LogP contribution < -0.4 is 10.7 Å². The van der Waals surface area contributed by atoms with Gasteiger partial charge in [0, 0.05) is 85.4 Å². The van der Waals surface area contributed by atoms with Gasteiger partial charge in [0.05, 0.1) is 6.34 Å². The maximum Gasteiger partial charge on any atom is 0.114 e. The van der Waals surface area contributed by atoms with E-state index in [2.05, 4.69) is 115 Å². The second kappa shape index (κ2) is 399. The molecular weight excluding hydrogens is 1010 g/mol. The fourth-order valence-electron chi connectivity index (χ4n) is 1.81. The summed E-state index contributed by atoms with van der Waals surface area (Å²) in [6, 6.07) is 0. The number of allylic oxidation sites excluding steroid dienone is 16. The first kappa shape index (κ1) is 147. The Labute approximate surface area is 525 Å². The summed E-state index contributed by atoms with van der Waals surface area (Å²) in [4.78, 5) is 22.7. The summed E-state index contributed by atoms with van der Waals surface area (Å²) in [5.74, 6) is 0. The first-order valence-corrected chi connectivity index (χ1v) is 30.9. The van der Waals surface area contributed by atoms with Crippen molar-refractivity contribution in [3.63, 3.8) is 0 Å². The van der Waals surface area contributed by atoms with Crippen LogP contribution in [0.15, 0.2) is 171 Å². The van der Waals surface area contributed by atoms with Crippen molar-refractivity contribution in [2.75, 3.05) is 35.2 Å². The van der Waals surface area contributed by atoms with Gasteiger partial charge in [-0.05, 0) is 108 Å². The van der Waals surface area contributed by atoms with Crippen LogP contribution in [0.4, 0.5) is 0 Å². The normalized spacial score (nSPS) is 8.15. The average Bonchev–Trinajstić information content (AvgIpc) is 3.56. The molecule has 0 aliphatic carbocycles. The molecule has 0 fully saturated rings. The van der Waals surface area contributed by atoms with Crippen molar-refractivity contribution in [1.29, 1.82) is 0 Å². The third-order valence-corrected chi connectivity index (χ3v) is 4.06. The van der Waals surface area contributed by atoms with E-state index in [0.717, 1.165) is 19.3 Å². The molecule has 0 heterocycles. The van der Waals surface area contributed by atoms with Gasteiger partial charge in [0.1, 0.15) is 6.26 Å². The summed E-state index contributed by atoms with van der Waals surface area (Å²) in [6.45, 7) is 82.9. The minimum absolute atomic E-state index is 0.917. The smallest absolute Gasteiger partial charge is 0.114 e. The lowest BCUT2D eigenvalue weighted by molar-refractivity contribution is 0.273. The molecule has 2 N–H and O–H groups in total. The standard InChI is InChI=1S/C6H10.4C5H9N.2C5H10.C5H8.2C3H8N2.C3H5NO.11C2H6/c1-3-5-6-4-2;2*1-3-4-5-6-2;2*1-3-5-6-4-2;3*1-3-5-4-2;1-4-3-5-2;2*1-3-5-4-2;11*1-2/h3-6H,1-2H3;4*3-5H,1-2H3;2*3,5H,4H2,1-2H3;3-4H,1-2,5H2;3H,1-2H3,(H,4,5);3-4H,1-2H3;3H,1-2H2;11*1-2H3/b5-3-,6-4-;2*4-3-,6-5?;2*5-3-,6-4?;2*5-3-;;;5-3-;;;;;;;;;;;;. The molecule has 0 saturated heterocycles. The molecule has 0 saturated carbocycles. The third kappa shape index (κ3) is 883. The van der Waals surface area contributed by atoms with E-state index < -0.39 is 0 Å². The summed E-state index contributed by atoms with van der Waals surface area (Å²) >= 11 is 0. The second-order valence-corrected chi connectivity index (χ2v) is 9.15. The van der Waals surface area contributed by atoms with Gasteiger partial charge < -0.3 is 15.6 Å². The number of rotatable bonds is 13. The van der Waals surface area contributed by atoms with E-state index in [1.807, 2.05) is 308 Å². The van der Waals surface area contributed by atoms with Crippen molar-refractivity contribution < 1.29 is 4.84 Å². The number of hydrogen-bond acceptors (Lipinski definition) is 9. The van der Waals surface area contributed by atoms with Crippen LogP contribution in [0.25, 0.3) is 0 Å². The predicted molar refractivity (Wildman–Crippen MR) is 414 cm³/mol. The Kier molecular flexibility index (Phi) is 714. The molecule has 0 spiro atoms. The third-order valence-electron chi connectivity index (χ3n) is 4.06. The lowest BCUT2D eigenvalue weighted by Crippen LogP contribution is -1.99. The maximum absolute atomic E-state index is 4.11. The highest BCUT2D eigenvalue weighted by molar-refractivity contribution is 5.70. The predicted octanol–water partition coefficient (Wildman–Crippen LogP) is 25.7. The Hall–Kier alpha value is -5.77. The van der Waals surface area contributed by atoms with Gasteiger partial charge in [-0.25, -0.2) is 0 Å². The van der Waals surface area contributed by atoms with Crippen LogP contribution in [0.1, 0.15) is 262 Å². The van der Waals surface area contributed by atoms with E-state index >= 15 is 0 Å². The molecule has 10 heteroatoms. The van der Waals surface area contributed by atoms with Crippen LogP contribution in [0.2, 0.25) is 0 Å². The molecule has 0 aromatic carbocycles. The molecule has 0 bridgehead atoms. The minimum Gasteiger partial charge on any atom is -0.380 e. The number of nitrogens with one attached hydrogen (secondary N) is 2. The Morgan fingerprint density at radius 1 is 0.390 bits per heavy atom. The summed E-state index contributed by atoms with van der Waals surface area (Å²) in [7, 11) is 8.80. The van der Waals surface area contributed by atoms with E-state index in [1.165, 1.54) is 6.26 Å². The van der Waals surface area contributed by atoms with Crippen molar-refractivity contribution in [2.24, 2.45) is 35.2 Å². The number of aliphatic imine (C=N–C) groups is 5. The fraction of sp³-hybridized carbons (Fsp3) is 0.597. The molecule has 0 amide bonds. The van der Waals surface area contributed by atoms with E-state index in [-0.39, 0.29) is 0 Å². The zero-order valence-corrected chi connectivity index (χ0v) is 63.9. The molecular formula is C72H161N9O. The van der Waals surface area contributed by atoms with Crippen LogP contribution >= 0.6 is 0 Å². The summed E-state index contributed by atoms with van der Waals surface area (Å²) < 4.78 is 0. The quantitative estimate of drug-likeness (QED) is 0.0477. The van der Waals surface area contributed by atoms with Crippen molar-refractivity contribution in [1.82, 2.24) is 10.7 Å². The van der Waals surface area contributed by atoms with E-state index in [0.29, 0.717) is 0 Å². The van der Waals surface area contributed by atoms with Gasteiger partial charge >= 0.3 is 0 Å². The molecule has 0 aliphatic heterocycles. The van der Waals surface area contributed by atoms with E-state index in [9.17, 15) is 0 Å². The molecule has 0 rings (SSSR count). The molecule has 0 atom stereocenters. The van der Waals surface area contributed by atoms with Crippen molar-refractivity contribution in [3.8, 4) is 0 Å². The van der Waals surface area contributed by atoms with Crippen LogP contribution in [0.3, 0.4) is 0 Å². The van der Waals surface area contributed by atoms with Gasteiger partial charge in [0.15, 0.2) is 0 Å². The Bertz CT molecular complexity index is 881. The van der Waals surface area contributed by atoms with Gasteiger partial charge in [0.25, 0.3) is 0 Å². The lowest BCUT2D eigenvalue weighted by atomic mass is 10.4. The van der Waals surface area contributed by atoms with Crippen molar-refractivity contribution in [3.05, 3.63) is 136 Å². The molecule has 0 aliphatic rings. The van der Waals surface area contributed by atoms with Gasteiger partial charge in [0.2, 0.25) is 0 Å². The first-order valence-electron chi connectivity index (χ1n) is 30.9. The number of hydrazone groups is 1. The molecule has 82 heavy (non-hydrogen) atoms. The maximum atomic E-state index is 4.11. The minimum atomic E-state index is 0.917. The molecule has 10 nitrogen and oxygen atoms in total. The molecule has 0 unspecified atom stereocenters. The van der Waals surface area contributed by atoms with Crippen molar-refractivity contribution >= 4 is 44.1 Å². The lowest BCUT2D eigenvalue weighted by Gasteiger charge is -1.75. The summed E-state index contributed by atoms with van der Waals surface area (Å²) in [5.41, 5.74) is 2.59. The molecule has 0 aromatic heterocycles. The summed E-state index contributed by atoms with van der Waals surface area (Å²) in [5, 5.41) is 9.31. The van der Waals surface area contributed by atoms with Gasteiger partial charge in [-0.1, -0.05) is 263 Å². The highest BCUT2D eigenvalue weighted by atomic mass is 16.6. The van der Waals surface area contributed by atoms with Crippen LogP contribution in [-0.2, 0) is 4.84 Å². The molecule has 0 aromatic rings.